The smallest absolute Gasteiger partial charge is 0.294 e. The van der Waals surface area contributed by atoms with Gasteiger partial charge in [-0.3, -0.25) is 19.3 Å². The Morgan fingerprint density at radius 1 is 1.11 bits per heavy atom. The van der Waals surface area contributed by atoms with Crippen molar-refractivity contribution in [2.45, 2.75) is 13.3 Å². The lowest BCUT2D eigenvalue weighted by molar-refractivity contribution is -0.127. The summed E-state index contributed by atoms with van der Waals surface area (Å²) in [4.78, 5) is 37.9. The Morgan fingerprint density at radius 2 is 1.78 bits per heavy atom. The van der Waals surface area contributed by atoms with Gasteiger partial charge in [0.1, 0.15) is 12.3 Å². The van der Waals surface area contributed by atoms with Gasteiger partial charge in [0.15, 0.2) is 0 Å². The summed E-state index contributed by atoms with van der Waals surface area (Å²) in [6.07, 6.45) is 2.46. The summed E-state index contributed by atoms with van der Waals surface area (Å²) in [6, 6.07) is 13.7. The zero-order valence-electron chi connectivity index (χ0n) is 14.6. The molecule has 0 radical (unpaired) electrons. The third kappa shape index (κ3) is 4.57. The standard InChI is InChI=1S/C20H18N2O4S/c1-2-13-3-7-15(8-4-13)21-18(24)12-22-19(25)17(27-20(22)26)11-14-5-9-16(23)10-6-14/h3-11,23H,2,12H2,1H3,(H,21,24). The van der Waals surface area contributed by atoms with Crippen LogP contribution in [0.15, 0.2) is 53.4 Å². The van der Waals surface area contributed by atoms with E-state index in [0.717, 1.165) is 28.6 Å². The fourth-order valence-electron chi connectivity index (χ4n) is 2.53. The van der Waals surface area contributed by atoms with Crippen LogP contribution in [0.25, 0.3) is 6.08 Å². The third-order valence-electron chi connectivity index (χ3n) is 4.01. The molecule has 1 saturated heterocycles. The van der Waals surface area contributed by atoms with E-state index in [9.17, 15) is 19.5 Å². The SMILES string of the molecule is CCc1ccc(NC(=O)CN2C(=O)SC(=Cc3ccc(O)cc3)C2=O)cc1. The van der Waals surface area contributed by atoms with E-state index in [1.165, 1.54) is 12.1 Å². The fraction of sp³-hybridized carbons (Fsp3) is 0.150. The first kappa shape index (κ1) is 18.7. The van der Waals surface area contributed by atoms with Crippen LogP contribution in [0.2, 0.25) is 0 Å². The summed E-state index contributed by atoms with van der Waals surface area (Å²) in [6.45, 7) is 1.70. The topological polar surface area (TPSA) is 86.7 Å². The highest BCUT2D eigenvalue weighted by atomic mass is 32.2. The quantitative estimate of drug-likeness (QED) is 0.771. The number of rotatable bonds is 5. The van der Waals surface area contributed by atoms with Gasteiger partial charge in [0, 0.05) is 5.69 Å². The summed E-state index contributed by atoms with van der Waals surface area (Å²) in [7, 11) is 0. The second kappa shape index (κ2) is 8.09. The van der Waals surface area contributed by atoms with Gasteiger partial charge in [-0.05, 0) is 59.7 Å². The molecule has 138 valence electrons. The Bertz CT molecular complexity index is 905. The molecule has 6 nitrogen and oxygen atoms in total. The molecular formula is C20H18N2O4S. The van der Waals surface area contributed by atoms with Gasteiger partial charge >= 0.3 is 0 Å². The zero-order chi connectivity index (χ0) is 19.4. The number of nitrogens with one attached hydrogen (secondary N) is 1. The van der Waals surface area contributed by atoms with Crippen molar-refractivity contribution in [2.24, 2.45) is 0 Å². The molecule has 0 saturated carbocycles. The van der Waals surface area contributed by atoms with Crippen molar-refractivity contribution in [3.63, 3.8) is 0 Å². The maximum atomic E-state index is 12.4. The zero-order valence-corrected chi connectivity index (χ0v) is 15.5. The number of anilines is 1. The minimum atomic E-state index is -0.505. The van der Waals surface area contributed by atoms with Gasteiger partial charge in [0.2, 0.25) is 5.91 Å². The number of hydrogen-bond donors (Lipinski definition) is 2. The lowest BCUT2D eigenvalue weighted by Gasteiger charge is -2.12. The highest BCUT2D eigenvalue weighted by Crippen LogP contribution is 2.32. The van der Waals surface area contributed by atoms with Gasteiger partial charge in [0.25, 0.3) is 11.1 Å². The summed E-state index contributed by atoms with van der Waals surface area (Å²) in [5.74, 6) is -0.828. The monoisotopic (exact) mass is 382 g/mol. The Labute approximate surface area is 160 Å². The van der Waals surface area contributed by atoms with Crippen molar-refractivity contribution >= 4 is 40.6 Å². The summed E-state index contributed by atoms with van der Waals surface area (Å²) in [5.41, 5.74) is 2.45. The molecule has 0 spiro atoms. The number of phenolic OH excluding ortho intramolecular Hbond substituents is 1. The van der Waals surface area contributed by atoms with E-state index in [1.807, 2.05) is 19.1 Å². The minimum Gasteiger partial charge on any atom is -0.508 e. The van der Waals surface area contributed by atoms with Crippen LogP contribution in [-0.2, 0) is 16.0 Å². The molecule has 0 unspecified atom stereocenters. The summed E-state index contributed by atoms with van der Waals surface area (Å²) < 4.78 is 0. The van der Waals surface area contributed by atoms with Crippen LogP contribution in [0.1, 0.15) is 18.1 Å². The molecule has 2 N–H and O–H groups in total. The van der Waals surface area contributed by atoms with E-state index < -0.39 is 17.1 Å². The third-order valence-corrected chi connectivity index (χ3v) is 4.92. The van der Waals surface area contributed by atoms with Gasteiger partial charge < -0.3 is 10.4 Å². The molecule has 1 heterocycles. The number of hydrogen-bond acceptors (Lipinski definition) is 5. The first-order chi connectivity index (χ1) is 13.0. The molecule has 3 amide bonds. The lowest BCUT2D eigenvalue weighted by atomic mass is 10.1. The highest BCUT2D eigenvalue weighted by molar-refractivity contribution is 8.18. The predicted molar refractivity (Wildman–Crippen MR) is 105 cm³/mol. The van der Waals surface area contributed by atoms with Crippen molar-refractivity contribution in [3.8, 4) is 5.75 Å². The molecule has 7 heteroatoms. The molecule has 0 aliphatic carbocycles. The number of carbonyl (C=O) groups is 3. The number of carbonyl (C=O) groups excluding carboxylic acids is 3. The molecule has 0 atom stereocenters. The van der Waals surface area contributed by atoms with Crippen LogP contribution in [0, 0.1) is 0 Å². The van der Waals surface area contributed by atoms with Crippen LogP contribution < -0.4 is 5.32 Å². The van der Waals surface area contributed by atoms with Crippen molar-refractivity contribution in [1.29, 1.82) is 0 Å². The van der Waals surface area contributed by atoms with Crippen LogP contribution in [0.3, 0.4) is 0 Å². The first-order valence-corrected chi connectivity index (χ1v) is 9.21. The van der Waals surface area contributed by atoms with Crippen molar-refractivity contribution in [3.05, 3.63) is 64.6 Å². The summed E-state index contributed by atoms with van der Waals surface area (Å²) in [5, 5.41) is 11.5. The molecule has 1 aliphatic heterocycles. The first-order valence-electron chi connectivity index (χ1n) is 8.39. The molecule has 27 heavy (non-hydrogen) atoms. The van der Waals surface area contributed by atoms with E-state index in [-0.39, 0.29) is 17.2 Å². The Kier molecular flexibility index (Phi) is 5.61. The van der Waals surface area contributed by atoms with Gasteiger partial charge in [-0.2, -0.15) is 0 Å². The van der Waals surface area contributed by atoms with Crippen LogP contribution in [-0.4, -0.2) is 33.6 Å². The van der Waals surface area contributed by atoms with Crippen LogP contribution in [0.5, 0.6) is 5.75 Å². The Hall–Kier alpha value is -3.06. The largest absolute Gasteiger partial charge is 0.508 e. The number of aromatic hydroxyl groups is 1. The maximum absolute atomic E-state index is 12.4. The number of nitrogens with zero attached hydrogens (tertiary/aromatic N) is 1. The lowest BCUT2D eigenvalue weighted by Crippen LogP contribution is -2.36. The normalized spacial score (nSPS) is 15.4. The van der Waals surface area contributed by atoms with E-state index in [4.69, 9.17) is 0 Å². The van der Waals surface area contributed by atoms with Crippen LogP contribution >= 0.6 is 11.8 Å². The number of thioether (sulfide) groups is 1. The maximum Gasteiger partial charge on any atom is 0.294 e. The second-order valence-electron chi connectivity index (χ2n) is 5.96. The summed E-state index contributed by atoms with van der Waals surface area (Å²) >= 11 is 0.790. The van der Waals surface area contributed by atoms with Crippen molar-refractivity contribution in [2.75, 3.05) is 11.9 Å². The Balaban J connectivity index is 1.65. The number of amides is 3. The second-order valence-corrected chi connectivity index (χ2v) is 6.95. The van der Waals surface area contributed by atoms with Crippen molar-refractivity contribution < 1.29 is 19.5 Å². The van der Waals surface area contributed by atoms with Gasteiger partial charge in [-0.15, -0.1) is 0 Å². The number of imide groups is 1. The number of phenols is 1. The van der Waals surface area contributed by atoms with E-state index in [2.05, 4.69) is 5.32 Å². The minimum absolute atomic E-state index is 0.115. The number of aryl methyl sites for hydroxylation is 1. The predicted octanol–water partition coefficient (Wildman–Crippen LogP) is 3.63. The molecule has 2 aromatic rings. The molecule has 1 aliphatic rings. The molecular weight excluding hydrogens is 364 g/mol. The fourth-order valence-corrected chi connectivity index (χ4v) is 3.36. The average molecular weight is 382 g/mol. The molecule has 0 aromatic heterocycles. The van der Waals surface area contributed by atoms with E-state index in [0.29, 0.717) is 11.3 Å². The average Bonchev–Trinajstić information content (AvgIpc) is 2.91. The molecule has 3 rings (SSSR count). The van der Waals surface area contributed by atoms with Gasteiger partial charge in [-0.1, -0.05) is 31.2 Å². The molecule has 1 fully saturated rings. The van der Waals surface area contributed by atoms with Crippen molar-refractivity contribution in [1.82, 2.24) is 4.90 Å². The van der Waals surface area contributed by atoms with E-state index >= 15 is 0 Å². The highest BCUT2D eigenvalue weighted by Gasteiger charge is 2.36. The molecule has 2 aromatic carbocycles. The molecule has 0 bridgehead atoms. The van der Waals surface area contributed by atoms with Crippen LogP contribution in [0.4, 0.5) is 10.5 Å². The van der Waals surface area contributed by atoms with Gasteiger partial charge in [0.05, 0.1) is 4.91 Å². The Morgan fingerprint density at radius 3 is 2.41 bits per heavy atom. The van der Waals surface area contributed by atoms with Gasteiger partial charge in [-0.25, -0.2) is 0 Å². The number of benzene rings is 2. The van der Waals surface area contributed by atoms with E-state index in [1.54, 1.807) is 30.3 Å².